The van der Waals surface area contributed by atoms with E-state index in [1.807, 2.05) is 6.33 Å². The summed E-state index contributed by atoms with van der Waals surface area (Å²) in [4.78, 5) is 16.1. The molecule has 5 nitrogen and oxygen atoms in total. The van der Waals surface area contributed by atoms with Crippen LogP contribution in [0.5, 0.6) is 0 Å². The summed E-state index contributed by atoms with van der Waals surface area (Å²) in [5.41, 5.74) is 0.968. The van der Waals surface area contributed by atoms with Crippen molar-refractivity contribution in [2.45, 2.75) is 70.9 Å². The molecule has 1 aromatic rings. The fourth-order valence-corrected chi connectivity index (χ4v) is 3.10. The molecular formula is C17H29N3O2. The molecule has 1 aliphatic rings. The van der Waals surface area contributed by atoms with Gasteiger partial charge in [0.05, 0.1) is 18.6 Å². The lowest BCUT2D eigenvalue weighted by atomic mass is 9.87. The van der Waals surface area contributed by atoms with E-state index in [-0.39, 0.29) is 18.6 Å². The fourth-order valence-electron chi connectivity index (χ4n) is 3.10. The second kappa shape index (κ2) is 8.93. The van der Waals surface area contributed by atoms with Crippen LogP contribution in [0.25, 0.3) is 0 Å². The van der Waals surface area contributed by atoms with Crippen LogP contribution in [0, 0.1) is 5.92 Å². The highest BCUT2D eigenvalue weighted by atomic mass is 16.3. The Hall–Kier alpha value is -1.36. The molecule has 1 fully saturated rings. The van der Waals surface area contributed by atoms with Gasteiger partial charge in [-0.1, -0.05) is 32.1 Å². The summed E-state index contributed by atoms with van der Waals surface area (Å²) < 4.78 is 2.15. The van der Waals surface area contributed by atoms with Crippen LogP contribution in [0.15, 0.2) is 12.5 Å². The first kappa shape index (κ1) is 17.0. The molecule has 22 heavy (non-hydrogen) atoms. The Labute approximate surface area is 133 Å². The summed E-state index contributed by atoms with van der Waals surface area (Å²) in [6.07, 6.45) is 13.2. The molecule has 1 amide bonds. The lowest BCUT2D eigenvalue weighted by Crippen LogP contribution is -2.35. The maximum absolute atomic E-state index is 11.7. The van der Waals surface area contributed by atoms with E-state index in [0.717, 1.165) is 18.2 Å². The predicted octanol–water partition coefficient (Wildman–Crippen LogP) is 2.28. The van der Waals surface area contributed by atoms with Crippen molar-refractivity contribution >= 4 is 5.91 Å². The number of aromatic nitrogens is 2. The number of aliphatic hydroxyl groups excluding tert-OH is 1. The number of hydrogen-bond acceptors (Lipinski definition) is 3. The third-order valence-electron chi connectivity index (χ3n) is 4.50. The van der Waals surface area contributed by atoms with Gasteiger partial charge >= 0.3 is 0 Å². The lowest BCUT2D eigenvalue weighted by molar-refractivity contribution is -0.121. The van der Waals surface area contributed by atoms with Crippen LogP contribution in [0.3, 0.4) is 0 Å². The summed E-state index contributed by atoms with van der Waals surface area (Å²) >= 11 is 0. The maximum Gasteiger partial charge on any atom is 0.220 e. The quantitative estimate of drug-likeness (QED) is 0.774. The zero-order valence-electron chi connectivity index (χ0n) is 13.6. The first-order valence-electron chi connectivity index (χ1n) is 8.58. The molecular weight excluding hydrogens is 278 g/mol. The second-order valence-corrected chi connectivity index (χ2v) is 6.55. The lowest BCUT2D eigenvalue weighted by Gasteiger charge is -2.21. The van der Waals surface area contributed by atoms with Crippen LogP contribution in [0.4, 0.5) is 0 Å². The van der Waals surface area contributed by atoms with Crippen LogP contribution in [0.1, 0.15) is 57.6 Å². The Balaban J connectivity index is 1.68. The van der Waals surface area contributed by atoms with Gasteiger partial charge in [-0.15, -0.1) is 0 Å². The number of aryl methyl sites for hydroxylation is 2. The minimum Gasteiger partial charge on any atom is -0.394 e. The van der Waals surface area contributed by atoms with Gasteiger partial charge < -0.3 is 15.0 Å². The van der Waals surface area contributed by atoms with E-state index in [9.17, 15) is 4.79 Å². The molecule has 1 atom stereocenters. The highest BCUT2D eigenvalue weighted by Gasteiger charge is 2.13. The van der Waals surface area contributed by atoms with E-state index >= 15 is 0 Å². The van der Waals surface area contributed by atoms with Crippen molar-refractivity contribution in [1.82, 2.24) is 14.9 Å². The Bertz CT molecular complexity index is 453. The number of rotatable bonds is 8. The first-order chi connectivity index (χ1) is 10.7. The Morgan fingerprint density at radius 3 is 2.95 bits per heavy atom. The van der Waals surface area contributed by atoms with Gasteiger partial charge in [-0.25, -0.2) is 4.98 Å². The van der Waals surface area contributed by atoms with Gasteiger partial charge in [-0.3, -0.25) is 4.79 Å². The molecule has 1 aromatic heterocycles. The molecule has 5 heteroatoms. The van der Waals surface area contributed by atoms with Crippen molar-refractivity contribution < 1.29 is 9.90 Å². The predicted molar refractivity (Wildman–Crippen MR) is 86.4 cm³/mol. The molecule has 0 unspecified atom stereocenters. The highest BCUT2D eigenvalue weighted by molar-refractivity contribution is 5.76. The Kier molecular flexibility index (Phi) is 6.90. The van der Waals surface area contributed by atoms with Gasteiger partial charge in [0.25, 0.3) is 0 Å². The summed E-state index contributed by atoms with van der Waals surface area (Å²) in [6.45, 7) is 2.80. The van der Waals surface area contributed by atoms with Gasteiger partial charge in [0.2, 0.25) is 5.91 Å². The molecule has 2 rings (SSSR count). The average molecular weight is 307 g/mol. The molecule has 0 spiro atoms. The number of nitrogens with zero attached hydrogens (tertiary/aromatic N) is 2. The maximum atomic E-state index is 11.7. The van der Waals surface area contributed by atoms with Crippen LogP contribution in [-0.4, -0.2) is 33.2 Å². The van der Waals surface area contributed by atoms with Crippen LogP contribution in [0.2, 0.25) is 0 Å². The molecule has 0 saturated heterocycles. The van der Waals surface area contributed by atoms with Crippen LogP contribution < -0.4 is 5.32 Å². The monoisotopic (exact) mass is 307 g/mol. The van der Waals surface area contributed by atoms with E-state index in [1.165, 1.54) is 38.5 Å². The van der Waals surface area contributed by atoms with E-state index in [2.05, 4.69) is 21.1 Å². The number of aliphatic hydroxyl groups is 1. The van der Waals surface area contributed by atoms with E-state index < -0.39 is 0 Å². The normalized spacial score (nSPS) is 17.4. The smallest absolute Gasteiger partial charge is 0.220 e. The number of amides is 1. The zero-order chi connectivity index (χ0) is 15.8. The summed E-state index contributed by atoms with van der Waals surface area (Å²) in [5.74, 6) is 0.851. The van der Waals surface area contributed by atoms with Crippen molar-refractivity contribution in [2.24, 2.45) is 5.92 Å². The van der Waals surface area contributed by atoms with Crippen molar-refractivity contribution in [2.75, 3.05) is 6.61 Å². The SMILES string of the molecule is C[C@@H](CO)NC(=O)CCc1cn(CCC2CCCCC2)cn1. The van der Waals surface area contributed by atoms with Gasteiger partial charge in [-0.2, -0.15) is 0 Å². The van der Waals surface area contributed by atoms with Crippen molar-refractivity contribution in [3.05, 3.63) is 18.2 Å². The van der Waals surface area contributed by atoms with Gasteiger partial charge in [0.15, 0.2) is 0 Å². The third-order valence-corrected chi connectivity index (χ3v) is 4.50. The number of carbonyl (C=O) groups excluding carboxylic acids is 1. The zero-order valence-corrected chi connectivity index (χ0v) is 13.6. The molecule has 124 valence electrons. The third kappa shape index (κ3) is 5.79. The first-order valence-corrected chi connectivity index (χ1v) is 8.58. The van der Waals surface area contributed by atoms with Crippen molar-refractivity contribution in [3.63, 3.8) is 0 Å². The minimum absolute atomic E-state index is 0.0263. The average Bonchev–Trinajstić information content (AvgIpc) is 3.00. The molecule has 2 N–H and O–H groups in total. The van der Waals surface area contributed by atoms with Crippen molar-refractivity contribution in [3.8, 4) is 0 Å². The second-order valence-electron chi connectivity index (χ2n) is 6.55. The van der Waals surface area contributed by atoms with Crippen LogP contribution in [-0.2, 0) is 17.8 Å². The minimum atomic E-state index is -0.180. The van der Waals surface area contributed by atoms with Crippen LogP contribution >= 0.6 is 0 Å². The topological polar surface area (TPSA) is 67.2 Å². The molecule has 0 aromatic carbocycles. The molecule has 1 saturated carbocycles. The number of imidazole rings is 1. The number of hydrogen-bond donors (Lipinski definition) is 2. The summed E-state index contributed by atoms with van der Waals surface area (Å²) in [7, 11) is 0. The standard InChI is InChI=1S/C17H29N3O2/c1-14(12-21)19-17(22)8-7-16-11-20(13-18-16)10-9-15-5-3-2-4-6-15/h11,13-15,21H,2-10,12H2,1H3,(H,19,22)/t14-/m0/s1. The van der Waals surface area contributed by atoms with E-state index in [4.69, 9.17) is 5.11 Å². The molecule has 0 aliphatic heterocycles. The van der Waals surface area contributed by atoms with Gasteiger partial charge in [0, 0.05) is 25.2 Å². The molecule has 0 radical (unpaired) electrons. The van der Waals surface area contributed by atoms with Crippen molar-refractivity contribution in [1.29, 1.82) is 0 Å². The van der Waals surface area contributed by atoms with Gasteiger partial charge in [-0.05, 0) is 25.7 Å². The molecule has 1 aliphatic carbocycles. The summed E-state index contributed by atoms with van der Waals surface area (Å²) in [6, 6.07) is -0.180. The largest absolute Gasteiger partial charge is 0.394 e. The molecule has 0 bridgehead atoms. The number of nitrogens with one attached hydrogen (secondary N) is 1. The molecule has 1 heterocycles. The number of carbonyl (C=O) groups is 1. The van der Waals surface area contributed by atoms with Gasteiger partial charge in [0.1, 0.15) is 0 Å². The summed E-state index contributed by atoms with van der Waals surface area (Å²) in [5, 5.41) is 11.7. The highest BCUT2D eigenvalue weighted by Crippen LogP contribution is 2.26. The van der Waals surface area contributed by atoms with E-state index in [1.54, 1.807) is 6.92 Å². The Morgan fingerprint density at radius 2 is 2.23 bits per heavy atom. The van der Waals surface area contributed by atoms with E-state index in [0.29, 0.717) is 12.8 Å². The fraction of sp³-hybridized carbons (Fsp3) is 0.765. The Morgan fingerprint density at radius 1 is 1.45 bits per heavy atom.